The Morgan fingerprint density at radius 1 is 1.07 bits per heavy atom. The van der Waals surface area contributed by atoms with Gasteiger partial charge in [0, 0.05) is 6.54 Å². The Morgan fingerprint density at radius 3 is 2.28 bits per heavy atom. The fourth-order valence-corrected chi connectivity index (χ4v) is 3.33. The summed E-state index contributed by atoms with van der Waals surface area (Å²) in [6.45, 7) is 1.96. The summed E-state index contributed by atoms with van der Waals surface area (Å²) >= 11 is 0. The first-order chi connectivity index (χ1) is 13.9. The van der Waals surface area contributed by atoms with E-state index in [2.05, 4.69) is 5.32 Å². The molecule has 1 amide bonds. The smallest absolute Gasteiger partial charge is 0.341 e. The molecular formula is C22H27NO6. The lowest BCUT2D eigenvalue weighted by Crippen LogP contribution is -2.50. The van der Waals surface area contributed by atoms with Crippen molar-refractivity contribution in [3.05, 3.63) is 59.7 Å². The molecule has 0 bridgehead atoms. The average molecular weight is 401 g/mol. The van der Waals surface area contributed by atoms with Crippen molar-refractivity contribution >= 4 is 11.9 Å². The number of benzene rings is 2. The van der Waals surface area contributed by atoms with E-state index in [1.54, 1.807) is 45.4 Å². The molecule has 0 heterocycles. The van der Waals surface area contributed by atoms with Gasteiger partial charge in [0.05, 0.1) is 20.1 Å². The molecule has 0 spiro atoms. The molecule has 0 saturated heterocycles. The van der Waals surface area contributed by atoms with Gasteiger partial charge in [-0.2, -0.15) is 0 Å². The minimum atomic E-state index is -2.30. The van der Waals surface area contributed by atoms with Crippen LogP contribution in [-0.2, 0) is 21.6 Å². The van der Waals surface area contributed by atoms with Crippen molar-refractivity contribution in [2.45, 2.75) is 25.4 Å². The zero-order valence-electron chi connectivity index (χ0n) is 16.8. The Labute approximate surface area is 170 Å². The largest absolute Gasteiger partial charge is 0.493 e. The van der Waals surface area contributed by atoms with Gasteiger partial charge in [0.1, 0.15) is 0 Å². The van der Waals surface area contributed by atoms with Crippen molar-refractivity contribution < 1.29 is 29.3 Å². The zero-order chi connectivity index (χ0) is 21.4. The highest BCUT2D eigenvalue weighted by atomic mass is 16.5. The van der Waals surface area contributed by atoms with Crippen LogP contribution in [0.5, 0.6) is 11.5 Å². The Morgan fingerprint density at radius 2 is 1.72 bits per heavy atom. The molecule has 7 heteroatoms. The normalized spacial score (nSPS) is 13.8. The maximum absolute atomic E-state index is 12.7. The maximum Gasteiger partial charge on any atom is 0.341 e. The molecule has 0 radical (unpaired) electrons. The van der Waals surface area contributed by atoms with E-state index in [0.717, 1.165) is 5.56 Å². The molecule has 0 saturated carbocycles. The summed E-state index contributed by atoms with van der Waals surface area (Å²) in [6, 6.07) is 13.5. The van der Waals surface area contributed by atoms with Crippen LogP contribution in [-0.4, -0.2) is 42.9 Å². The number of aliphatic hydroxyl groups is 1. The second kappa shape index (κ2) is 9.93. The number of methoxy groups -OCH3 is 2. The number of carbonyl (C=O) groups is 2. The molecule has 2 aromatic rings. The van der Waals surface area contributed by atoms with E-state index in [1.165, 1.54) is 12.1 Å². The number of hydrogen-bond donors (Lipinski definition) is 3. The van der Waals surface area contributed by atoms with E-state index in [4.69, 9.17) is 9.47 Å². The van der Waals surface area contributed by atoms with Gasteiger partial charge in [-0.15, -0.1) is 0 Å². The van der Waals surface area contributed by atoms with Gasteiger partial charge >= 0.3 is 5.97 Å². The number of nitrogens with one attached hydrogen (secondary N) is 1. The topological polar surface area (TPSA) is 105 Å². The number of aliphatic carboxylic acids is 1. The van der Waals surface area contributed by atoms with Gasteiger partial charge < -0.3 is 25.0 Å². The molecule has 0 fully saturated rings. The minimum Gasteiger partial charge on any atom is -0.493 e. The monoisotopic (exact) mass is 401 g/mol. The molecule has 2 aromatic carbocycles. The lowest BCUT2D eigenvalue weighted by molar-refractivity contribution is -0.171. The number of ether oxygens (including phenoxy) is 2. The van der Waals surface area contributed by atoms with Gasteiger partial charge in [-0.25, -0.2) is 4.79 Å². The first-order valence-electron chi connectivity index (χ1n) is 9.38. The van der Waals surface area contributed by atoms with Crippen molar-refractivity contribution in [1.29, 1.82) is 0 Å². The van der Waals surface area contributed by atoms with Gasteiger partial charge in [-0.3, -0.25) is 4.79 Å². The lowest BCUT2D eigenvalue weighted by atomic mass is 9.79. The van der Waals surface area contributed by atoms with Crippen molar-refractivity contribution in [3.63, 3.8) is 0 Å². The molecule has 156 valence electrons. The molecule has 0 aliphatic rings. The molecule has 29 heavy (non-hydrogen) atoms. The molecule has 7 nitrogen and oxygen atoms in total. The molecule has 2 atom stereocenters. The first-order valence-corrected chi connectivity index (χ1v) is 9.38. The predicted octanol–water partition coefficient (Wildman–Crippen LogP) is 2.36. The van der Waals surface area contributed by atoms with E-state index in [0.29, 0.717) is 17.9 Å². The van der Waals surface area contributed by atoms with Crippen molar-refractivity contribution in [1.82, 2.24) is 5.32 Å². The highest BCUT2D eigenvalue weighted by molar-refractivity contribution is 5.90. The van der Waals surface area contributed by atoms with Crippen LogP contribution in [0.25, 0.3) is 0 Å². The summed E-state index contributed by atoms with van der Waals surface area (Å²) in [4.78, 5) is 24.6. The van der Waals surface area contributed by atoms with Gasteiger partial charge in [-0.05, 0) is 36.1 Å². The Hall–Kier alpha value is -3.06. The average Bonchev–Trinajstić information content (AvgIpc) is 2.74. The van der Waals surface area contributed by atoms with Crippen molar-refractivity contribution in [2.24, 2.45) is 5.92 Å². The molecule has 0 aliphatic heterocycles. The summed E-state index contributed by atoms with van der Waals surface area (Å²) < 4.78 is 10.5. The van der Waals surface area contributed by atoms with Crippen LogP contribution >= 0.6 is 0 Å². The molecule has 0 aromatic heterocycles. The number of carbonyl (C=O) groups excluding carboxylic acids is 1. The summed E-state index contributed by atoms with van der Waals surface area (Å²) in [5.41, 5.74) is -1.20. The SMILES string of the molecule is CCC(C(=O)NCCc1ccc(OC)c(OC)c1)C(O)(C(=O)O)c1ccccc1. The van der Waals surface area contributed by atoms with E-state index in [9.17, 15) is 19.8 Å². The number of carboxylic acids is 1. The standard InChI is InChI=1S/C22H27NO6/c1-4-17(22(27,21(25)26)16-8-6-5-7-9-16)20(24)23-13-12-15-10-11-18(28-2)19(14-15)29-3/h5-11,14,17,27H,4,12-13H2,1-3H3,(H,23,24)(H,25,26). The highest BCUT2D eigenvalue weighted by Gasteiger charge is 2.48. The van der Waals surface area contributed by atoms with Gasteiger partial charge in [0.25, 0.3) is 0 Å². The van der Waals surface area contributed by atoms with Crippen LogP contribution < -0.4 is 14.8 Å². The fraction of sp³-hybridized carbons (Fsp3) is 0.364. The zero-order valence-corrected chi connectivity index (χ0v) is 16.8. The van der Waals surface area contributed by atoms with Crippen LogP contribution in [0.1, 0.15) is 24.5 Å². The molecule has 3 N–H and O–H groups in total. The number of rotatable bonds is 10. The quantitative estimate of drug-likeness (QED) is 0.565. The second-order valence-electron chi connectivity index (χ2n) is 6.63. The van der Waals surface area contributed by atoms with Crippen LogP contribution in [0.15, 0.2) is 48.5 Å². The summed E-state index contributed by atoms with van der Waals surface area (Å²) in [6.07, 6.45) is 0.680. The third kappa shape index (κ3) is 4.86. The van der Waals surface area contributed by atoms with Crippen LogP contribution in [0, 0.1) is 5.92 Å². The lowest BCUT2D eigenvalue weighted by Gasteiger charge is -2.31. The van der Waals surface area contributed by atoms with Crippen LogP contribution in [0.2, 0.25) is 0 Å². The summed E-state index contributed by atoms with van der Waals surface area (Å²) in [7, 11) is 3.10. The van der Waals surface area contributed by atoms with Crippen molar-refractivity contribution in [3.8, 4) is 11.5 Å². The Bertz CT molecular complexity index is 838. The van der Waals surface area contributed by atoms with Crippen LogP contribution in [0.3, 0.4) is 0 Å². The van der Waals surface area contributed by atoms with E-state index >= 15 is 0 Å². The summed E-state index contributed by atoms with van der Waals surface area (Å²) in [5.74, 6) is -1.90. The second-order valence-corrected chi connectivity index (χ2v) is 6.63. The Kier molecular flexibility index (Phi) is 7.61. The number of amides is 1. The minimum absolute atomic E-state index is 0.167. The molecule has 2 rings (SSSR count). The van der Waals surface area contributed by atoms with Crippen LogP contribution in [0.4, 0.5) is 0 Å². The molecular weight excluding hydrogens is 374 g/mol. The van der Waals surface area contributed by atoms with E-state index in [1.807, 2.05) is 12.1 Å². The number of hydrogen-bond acceptors (Lipinski definition) is 5. The third-order valence-corrected chi connectivity index (χ3v) is 4.93. The van der Waals surface area contributed by atoms with Gasteiger partial charge in [0.15, 0.2) is 17.1 Å². The van der Waals surface area contributed by atoms with E-state index < -0.39 is 23.4 Å². The highest BCUT2D eigenvalue weighted by Crippen LogP contribution is 2.33. The van der Waals surface area contributed by atoms with E-state index in [-0.39, 0.29) is 18.5 Å². The molecule has 2 unspecified atom stereocenters. The predicted molar refractivity (Wildman–Crippen MR) is 108 cm³/mol. The fourth-order valence-electron chi connectivity index (χ4n) is 3.33. The number of carboxylic acid groups (broad SMARTS) is 1. The summed E-state index contributed by atoms with van der Waals surface area (Å²) in [5, 5.41) is 23.4. The Balaban J connectivity index is 2.10. The molecule has 0 aliphatic carbocycles. The van der Waals surface area contributed by atoms with Gasteiger partial charge in [0.2, 0.25) is 5.91 Å². The maximum atomic E-state index is 12.7. The third-order valence-electron chi connectivity index (χ3n) is 4.93. The van der Waals surface area contributed by atoms with Gasteiger partial charge in [-0.1, -0.05) is 43.3 Å². The first kappa shape index (κ1) is 22.2. The van der Waals surface area contributed by atoms with Crippen molar-refractivity contribution in [2.75, 3.05) is 20.8 Å².